The van der Waals surface area contributed by atoms with E-state index >= 15 is 0 Å². The van der Waals surface area contributed by atoms with Crippen LogP contribution in [0.2, 0.25) is 0 Å². The minimum atomic E-state index is -0.270. The molecule has 1 aromatic carbocycles. The summed E-state index contributed by atoms with van der Waals surface area (Å²) in [7, 11) is 1.59. The maximum atomic E-state index is 11.8. The van der Waals surface area contributed by atoms with Crippen molar-refractivity contribution in [2.45, 2.75) is 0 Å². The lowest BCUT2D eigenvalue weighted by Gasteiger charge is -2.16. The lowest BCUT2D eigenvalue weighted by molar-refractivity contribution is 0.236. The van der Waals surface area contributed by atoms with Crippen LogP contribution < -0.4 is 15.8 Å². The SMILES string of the molecule is COc1ccc(NC(=O)N2CCN=C2N)cc1.Cl. The van der Waals surface area contributed by atoms with E-state index in [1.54, 1.807) is 31.4 Å². The molecule has 3 N–H and O–H groups in total. The van der Waals surface area contributed by atoms with Gasteiger partial charge in [-0.3, -0.25) is 9.89 Å². The Labute approximate surface area is 111 Å². The van der Waals surface area contributed by atoms with Crippen LogP contribution in [0.5, 0.6) is 5.75 Å². The summed E-state index contributed by atoms with van der Waals surface area (Å²) in [5, 5.41) is 2.74. The lowest BCUT2D eigenvalue weighted by atomic mass is 10.3. The second-order valence-corrected chi connectivity index (χ2v) is 3.55. The third-order valence-corrected chi connectivity index (χ3v) is 2.46. The number of urea groups is 1. The van der Waals surface area contributed by atoms with Crippen LogP contribution in [0.1, 0.15) is 0 Å². The van der Waals surface area contributed by atoms with Crippen molar-refractivity contribution in [3.8, 4) is 5.75 Å². The predicted octanol–water partition coefficient (Wildman–Crippen LogP) is 1.28. The van der Waals surface area contributed by atoms with Crippen molar-refractivity contribution in [3.05, 3.63) is 24.3 Å². The van der Waals surface area contributed by atoms with Gasteiger partial charge >= 0.3 is 6.03 Å². The summed E-state index contributed by atoms with van der Waals surface area (Å²) in [4.78, 5) is 17.2. The molecule has 0 aromatic heterocycles. The van der Waals surface area contributed by atoms with Gasteiger partial charge in [0.25, 0.3) is 0 Å². The molecule has 0 fully saturated rings. The summed E-state index contributed by atoms with van der Waals surface area (Å²) >= 11 is 0. The molecule has 18 heavy (non-hydrogen) atoms. The number of halogens is 1. The van der Waals surface area contributed by atoms with E-state index in [1.165, 1.54) is 4.90 Å². The summed E-state index contributed by atoms with van der Waals surface area (Å²) in [6.45, 7) is 1.08. The number of hydrogen-bond donors (Lipinski definition) is 2. The Morgan fingerprint density at radius 1 is 1.44 bits per heavy atom. The molecule has 0 saturated heterocycles. The van der Waals surface area contributed by atoms with Crippen molar-refractivity contribution in [3.63, 3.8) is 0 Å². The second kappa shape index (κ2) is 6.11. The van der Waals surface area contributed by atoms with Crippen LogP contribution in [0, 0.1) is 0 Å². The lowest BCUT2D eigenvalue weighted by Crippen LogP contribution is -2.41. The maximum Gasteiger partial charge on any atom is 0.328 e. The number of guanidine groups is 1. The van der Waals surface area contributed by atoms with Crippen molar-refractivity contribution in [2.75, 3.05) is 25.5 Å². The minimum Gasteiger partial charge on any atom is -0.497 e. The van der Waals surface area contributed by atoms with Gasteiger partial charge in [0.15, 0.2) is 5.96 Å². The fourth-order valence-corrected chi connectivity index (χ4v) is 1.54. The van der Waals surface area contributed by atoms with E-state index in [0.29, 0.717) is 18.8 Å². The average Bonchev–Trinajstić information content (AvgIpc) is 2.76. The molecule has 1 heterocycles. The first-order chi connectivity index (χ1) is 8.20. The molecule has 6 nitrogen and oxygen atoms in total. The highest BCUT2D eigenvalue weighted by molar-refractivity contribution is 6.02. The fraction of sp³-hybridized carbons (Fsp3) is 0.273. The number of amides is 2. The highest BCUT2D eigenvalue weighted by Crippen LogP contribution is 2.15. The quantitative estimate of drug-likeness (QED) is 0.849. The Balaban J connectivity index is 0.00000162. The number of carbonyl (C=O) groups excluding carboxylic acids is 1. The number of nitrogens with one attached hydrogen (secondary N) is 1. The molecule has 0 saturated carbocycles. The van der Waals surface area contributed by atoms with Gasteiger partial charge in [0.2, 0.25) is 0 Å². The minimum absolute atomic E-state index is 0. The fourth-order valence-electron chi connectivity index (χ4n) is 1.54. The highest BCUT2D eigenvalue weighted by Gasteiger charge is 2.20. The van der Waals surface area contributed by atoms with Gasteiger partial charge < -0.3 is 15.8 Å². The molecule has 7 heteroatoms. The molecule has 0 radical (unpaired) electrons. The molecule has 0 spiro atoms. The van der Waals surface area contributed by atoms with Gasteiger partial charge in [-0.2, -0.15) is 0 Å². The van der Waals surface area contributed by atoms with Crippen LogP contribution in [-0.2, 0) is 0 Å². The zero-order valence-corrected chi connectivity index (χ0v) is 10.7. The number of hydrogen-bond acceptors (Lipinski definition) is 4. The summed E-state index contributed by atoms with van der Waals surface area (Å²) in [6, 6.07) is 6.81. The topological polar surface area (TPSA) is 80.0 Å². The highest BCUT2D eigenvalue weighted by atomic mass is 35.5. The number of rotatable bonds is 2. The summed E-state index contributed by atoms with van der Waals surface area (Å²) in [5.74, 6) is 1.00. The zero-order chi connectivity index (χ0) is 12.3. The molecule has 2 rings (SSSR count). The normalized spacial score (nSPS) is 13.6. The van der Waals surface area contributed by atoms with E-state index < -0.39 is 0 Å². The Morgan fingerprint density at radius 2 is 2.11 bits per heavy atom. The average molecular weight is 271 g/mol. The maximum absolute atomic E-state index is 11.8. The van der Waals surface area contributed by atoms with E-state index in [4.69, 9.17) is 10.5 Å². The van der Waals surface area contributed by atoms with E-state index in [2.05, 4.69) is 10.3 Å². The monoisotopic (exact) mass is 270 g/mol. The zero-order valence-electron chi connectivity index (χ0n) is 9.92. The van der Waals surface area contributed by atoms with Crippen LogP contribution in [0.3, 0.4) is 0 Å². The van der Waals surface area contributed by atoms with Gasteiger partial charge in [0.05, 0.1) is 20.2 Å². The van der Waals surface area contributed by atoms with Crippen molar-refractivity contribution in [1.29, 1.82) is 0 Å². The molecule has 1 aliphatic rings. The first-order valence-electron chi connectivity index (χ1n) is 5.23. The van der Waals surface area contributed by atoms with Crippen LogP contribution in [0.4, 0.5) is 10.5 Å². The van der Waals surface area contributed by atoms with Gasteiger partial charge in [0, 0.05) is 5.69 Å². The first kappa shape index (κ1) is 14.1. The van der Waals surface area contributed by atoms with Crippen molar-refractivity contribution >= 4 is 30.1 Å². The molecule has 0 atom stereocenters. The number of benzene rings is 1. The van der Waals surface area contributed by atoms with E-state index in [0.717, 1.165) is 5.75 Å². The summed E-state index contributed by atoms with van der Waals surface area (Å²) in [5.41, 5.74) is 6.26. The van der Waals surface area contributed by atoms with Gasteiger partial charge in [-0.25, -0.2) is 4.79 Å². The molecule has 0 bridgehead atoms. The molecule has 0 aliphatic carbocycles. The number of nitrogens with zero attached hydrogens (tertiary/aromatic N) is 2. The Bertz CT molecular complexity index is 447. The summed E-state index contributed by atoms with van der Waals surface area (Å²) < 4.78 is 5.03. The molecule has 2 amide bonds. The van der Waals surface area contributed by atoms with Gasteiger partial charge in [-0.15, -0.1) is 12.4 Å². The van der Waals surface area contributed by atoms with Crippen LogP contribution in [-0.4, -0.2) is 37.1 Å². The van der Waals surface area contributed by atoms with Gasteiger partial charge in [0.1, 0.15) is 5.75 Å². The molecular weight excluding hydrogens is 256 g/mol. The molecule has 98 valence electrons. The summed E-state index contributed by atoms with van der Waals surface area (Å²) in [6.07, 6.45) is 0. The van der Waals surface area contributed by atoms with Crippen molar-refractivity contribution in [2.24, 2.45) is 10.7 Å². The van der Waals surface area contributed by atoms with Crippen LogP contribution in [0.15, 0.2) is 29.3 Å². The van der Waals surface area contributed by atoms with E-state index in [1.807, 2.05) is 0 Å². The number of aliphatic imine (C=N–C) groups is 1. The number of methoxy groups -OCH3 is 1. The Morgan fingerprint density at radius 3 is 2.61 bits per heavy atom. The number of nitrogens with two attached hydrogens (primary N) is 1. The Kier molecular flexibility index (Phi) is 4.79. The van der Waals surface area contributed by atoms with E-state index in [9.17, 15) is 4.79 Å². The Hall–Kier alpha value is -1.95. The third-order valence-electron chi connectivity index (χ3n) is 2.46. The number of anilines is 1. The van der Waals surface area contributed by atoms with Crippen LogP contribution >= 0.6 is 12.4 Å². The second-order valence-electron chi connectivity index (χ2n) is 3.55. The smallest absolute Gasteiger partial charge is 0.328 e. The molecule has 1 aliphatic heterocycles. The first-order valence-corrected chi connectivity index (χ1v) is 5.23. The molecule has 1 aromatic rings. The van der Waals surface area contributed by atoms with Crippen molar-refractivity contribution in [1.82, 2.24) is 4.90 Å². The van der Waals surface area contributed by atoms with Crippen LogP contribution in [0.25, 0.3) is 0 Å². The van der Waals surface area contributed by atoms with Crippen molar-refractivity contribution < 1.29 is 9.53 Å². The molecular formula is C11H15ClN4O2. The molecule has 0 unspecified atom stereocenters. The third kappa shape index (κ3) is 3.04. The van der Waals surface area contributed by atoms with E-state index in [-0.39, 0.29) is 24.4 Å². The number of carbonyl (C=O) groups is 1. The largest absolute Gasteiger partial charge is 0.497 e. The predicted molar refractivity (Wildman–Crippen MR) is 72.5 cm³/mol. The van der Waals surface area contributed by atoms with Gasteiger partial charge in [-0.1, -0.05) is 0 Å². The number of ether oxygens (including phenoxy) is 1. The van der Waals surface area contributed by atoms with Gasteiger partial charge in [-0.05, 0) is 24.3 Å². The standard InChI is InChI=1S/C11H14N4O2.ClH/c1-17-9-4-2-8(3-5-9)14-11(16)15-7-6-13-10(15)12;/h2-5H,6-7H2,1H3,(H2,12,13)(H,14,16);1H.